The van der Waals surface area contributed by atoms with Gasteiger partial charge in [-0.3, -0.25) is 10.1 Å². The van der Waals surface area contributed by atoms with Gasteiger partial charge >= 0.3 is 6.61 Å². The average molecular weight is 567 g/mol. The van der Waals surface area contributed by atoms with Gasteiger partial charge in [0, 0.05) is 30.7 Å². The summed E-state index contributed by atoms with van der Waals surface area (Å²) >= 11 is 17.6. The van der Waals surface area contributed by atoms with Crippen molar-refractivity contribution >= 4 is 46.1 Å². The Kier molecular flexibility index (Phi) is 9.31. The second-order valence-electron chi connectivity index (χ2n) is 6.89. The summed E-state index contributed by atoms with van der Waals surface area (Å²) in [6.07, 6.45) is 3.96. The molecular weight excluding hydrogens is 551 g/mol. The van der Waals surface area contributed by atoms with E-state index in [9.17, 15) is 18.9 Å². The molecular formula is C20H16Cl3F2N5O6. The van der Waals surface area contributed by atoms with Crippen LogP contribution in [0.2, 0.25) is 5.02 Å². The molecule has 1 aliphatic carbocycles. The molecule has 0 aliphatic heterocycles. The summed E-state index contributed by atoms with van der Waals surface area (Å²) in [6.45, 7) is -3.20. The number of hydrogen-bond acceptors (Lipinski definition) is 10. The van der Waals surface area contributed by atoms with E-state index in [0.717, 1.165) is 6.07 Å². The maximum absolute atomic E-state index is 13.3. The zero-order chi connectivity index (χ0) is 26.3. The number of rotatable bonds is 8. The molecule has 0 fully saturated rings. The Hall–Kier alpha value is -3.13. The van der Waals surface area contributed by atoms with Gasteiger partial charge in [-0.25, -0.2) is 4.98 Å². The summed E-state index contributed by atoms with van der Waals surface area (Å²) in [6, 6.07) is 3.83. The lowest BCUT2D eigenvalue weighted by atomic mass is 9.79. The number of nitrogens with zero attached hydrogens (tertiary/aromatic N) is 5. The molecule has 1 aliphatic rings. The third-order valence-corrected chi connectivity index (χ3v) is 5.74. The second-order valence-corrected chi connectivity index (χ2v) is 7.84. The Bertz CT molecular complexity index is 1240. The van der Waals surface area contributed by atoms with Crippen molar-refractivity contribution in [2.45, 2.75) is 24.5 Å². The maximum atomic E-state index is 13.3. The summed E-state index contributed by atoms with van der Waals surface area (Å²) in [5.74, 6) is -0.265. The van der Waals surface area contributed by atoms with E-state index < -0.39 is 22.8 Å². The zero-order valence-electron chi connectivity index (χ0n) is 18.2. The SMILES string of the molecule is COC1(c2ccc(Cl)c([N+](=O)[O-])c2)CC(c2noc(CCl)n2)=CC(CCl)=C1OC(F)F.c1ncon1. The van der Waals surface area contributed by atoms with Crippen molar-refractivity contribution in [2.75, 3.05) is 13.0 Å². The lowest BCUT2D eigenvalue weighted by Gasteiger charge is -2.38. The summed E-state index contributed by atoms with van der Waals surface area (Å²) in [7, 11) is 1.25. The van der Waals surface area contributed by atoms with Gasteiger partial charge in [0.05, 0.1) is 10.8 Å². The van der Waals surface area contributed by atoms with E-state index in [-0.39, 0.29) is 51.8 Å². The molecule has 1 unspecified atom stereocenters. The molecule has 36 heavy (non-hydrogen) atoms. The Balaban J connectivity index is 0.000000642. The highest BCUT2D eigenvalue weighted by atomic mass is 35.5. The predicted molar refractivity (Wildman–Crippen MR) is 122 cm³/mol. The molecule has 11 nitrogen and oxygen atoms in total. The standard InChI is InChI=1S/C18H14Cl3F2N3O5.C2H2N2O/c1-29-18(11-2-3-12(21)13(5-11)26(27)28)6-9(16-24-14(8-20)31-25-16)4-10(7-19)15(18)30-17(22)23;1-3-2-5-4-1/h2-5,17H,6-8H2,1H3;1-2H. The van der Waals surface area contributed by atoms with Gasteiger partial charge in [-0.15, -0.1) is 23.2 Å². The van der Waals surface area contributed by atoms with Crippen LogP contribution < -0.4 is 0 Å². The van der Waals surface area contributed by atoms with Crippen LogP contribution in [0, 0.1) is 10.1 Å². The van der Waals surface area contributed by atoms with Gasteiger partial charge in [0.25, 0.3) is 5.69 Å². The molecule has 4 rings (SSSR count). The van der Waals surface area contributed by atoms with Crippen molar-refractivity contribution in [2.24, 2.45) is 0 Å². The van der Waals surface area contributed by atoms with Crippen LogP contribution in [0.4, 0.5) is 14.5 Å². The molecule has 1 atom stereocenters. The normalized spacial score (nSPS) is 17.5. The first kappa shape index (κ1) is 27.5. The fraction of sp³-hybridized carbons (Fsp3) is 0.300. The number of nitro benzene ring substituents is 1. The number of hydrogen-bond donors (Lipinski definition) is 0. The maximum Gasteiger partial charge on any atom is 0.387 e. The number of ether oxygens (including phenoxy) is 2. The van der Waals surface area contributed by atoms with Gasteiger partial charge in [-0.05, 0) is 17.7 Å². The topological polar surface area (TPSA) is 139 Å². The molecule has 192 valence electrons. The minimum atomic E-state index is -3.20. The fourth-order valence-corrected chi connectivity index (χ4v) is 3.93. The molecule has 0 spiro atoms. The molecule has 2 heterocycles. The van der Waals surface area contributed by atoms with E-state index in [1.54, 1.807) is 0 Å². The van der Waals surface area contributed by atoms with Crippen molar-refractivity contribution in [1.29, 1.82) is 0 Å². The highest BCUT2D eigenvalue weighted by Gasteiger charge is 2.46. The number of methoxy groups -OCH3 is 1. The van der Waals surface area contributed by atoms with Gasteiger partial charge in [-0.2, -0.15) is 13.8 Å². The van der Waals surface area contributed by atoms with Crippen LogP contribution >= 0.6 is 34.8 Å². The van der Waals surface area contributed by atoms with Crippen molar-refractivity contribution in [1.82, 2.24) is 20.3 Å². The van der Waals surface area contributed by atoms with Gasteiger partial charge in [0.2, 0.25) is 12.3 Å². The van der Waals surface area contributed by atoms with Crippen LogP contribution in [0.25, 0.3) is 5.57 Å². The Morgan fingerprint density at radius 1 is 1.31 bits per heavy atom. The monoisotopic (exact) mass is 565 g/mol. The predicted octanol–water partition coefficient (Wildman–Crippen LogP) is 5.50. The fourth-order valence-electron chi connectivity index (χ4n) is 3.43. The minimum Gasteiger partial charge on any atom is -0.435 e. The van der Waals surface area contributed by atoms with Gasteiger partial charge < -0.3 is 18.5 Å². The van der Waals surface area contributed by atoms with E-state index in [2.05, 4.69) is 24.8 Å². The number of aromatic nitrogens is 4. The molecule has 0 bridgehead atoms. The first-order valence-electron chi connectivity index (χ1n) is 9.78. The smallest absolute Gasteiger partial charge is 0.387 e. The van der Waals surface area contributed by atoms with Crippen LogP contribution in [-0.4, -0.2) is 44.8 Å². The molecule has 0 amide bonds. The number of alkyl halides is 4. The molecule has 2 aromatic heterocycles. The highest BCUT2D eigenvalue weighted by molar-refractivity contribution is 6.32. The second kappa shape index (κ2) is 12.2. The average Bonchev–Trinajstić information content (AvgIpc) is 3.59. The van der Waals surface area contributed by atoms with E-state index in [0.29, 0.717) is 5.57 Å². The number of halogens is 5. The Morgan fingerprint density at radius 3 is 2.58 bits per heavy atom. The minimum absolute atomic E-state index is 0.0307. The summed E-state index contributed by atoms with van der Waals surface area (Å²) in [5, 5.41) is 18.3. The lowest BCUT2D eigenvalue weighted by Crippen LogP contribution is -2.36. The van der Waals surface area contributed by atoms with Crippen LogP contribution in [-0.2, 0) is 21.0 Å². The number of allylic oxidation sites excluding steroid dienone is 2. The van der Waals surface area contributed by atoms with Gasteiger partial charge in [0.15, 0.2) is 17.8 Å². The first-order valence-corrected chi connectivity index (χ1v) is 11.2. The lowest BCUT2D eigenvalue weighted by molar-refractivity contribution is -0.384. The third kappa shape index (κ3) is 5.98. The van der Waals surface area contributed by atoms with Crippen molar-refractivity contribution < 1.29 is 32.2 Å². The van der Waals surface area contributed by atoms with Crippen molar-refractivity contribution in [3.63, 3.8) is 0 Å². The quantitative estimate of drug-likeness (QED) is 0.195. The summed E-state index contributed by atoms with van der Waals surface area (Å²) in [4.78, 5) is 18.3. The molecule has 3 aromatic rings. The van der Waals surface area contributed by atoms with Crippen LogP contribution in [0.5, 0.6) is 0 Å². The molecule has 0 N–H and O–H groups in total. The highest BCUT2D eigenvalue weighted by Crippen LogP contribution is 2.48. The van der Waals surface area contributed by atoms with E-state index in [1.807, 2.05) is 0 Å². The number of benzene rings is 1. The van der Waals surface area contributed by atoms with E-state index >= 15 is 0 Å². The van der Waals surface area contributed by atoms with Crippen LogP contribution in [0.3, 0.4) is 0 Å². The van der Waals surface area contributed by atoms with E-state index in [1.165, 1.54) is 38.0 Å². The number of nitro groups is 1. The van der Waals surface area contributed by atoms with Crippen molar-refractivity contribution in [3.8, 4) is 0 Å². The Morgan fingerprint density at radius 2 is 2.08 bits per heavy atom. The first-order chi connectivity index (χ1) is 17.2. The molecule has 0 saturated carbocycles. The largest absolute Gasteiger partial charge is 0.435 e. The zero-order valence-corrected chi connectivity index (χ0v) is 20.5. The van der Waals surface area contributed by atoms with Crippen LogP contribution in [0.15, 0.2) is 57.4 Å². The Labute approximate surface area is 216 Å². The molecule has 0 radical (unpaired) electrons. The van der Waals surface area contributed by atoms with Gasteiger partial charge in [0.1, 0.15) is 16.7 Å². The van der Waals surface area contributed by atoms with E-state index in [4.69, 9.17) is 48.8 Å². The summed E-state index contributed by atoms with van der Waals surface area (Å²) in [5.41, 5.74) is -1.42. The molecule has 1 aromatic carbocycles. The van der Waals surface area contributed by atoms with Crippen LogP contribution in [0.1, 0.15) is 23.7 Å². The molecule has 16 heteroatoms. The third-order valence-electron chi connectivity index (χ3n) is 4.91. The summed E-state index contributed by atoms with van der Waals surface area (Å²) < 4.78 is 46.3. The van der Waals surface area contributed by atoms with Gasteiger partial charge in [-0.1, -0.05) is 28.0 Å². The van der Waals surface area contributed by atoms with Crippen molar-refractivity contribution in [3.05, 3.63) is 80.7 Å². The molecule has 0 saturated heterocycles.